The molecular formula is C24H34IN5O. The molecule has 1 aromatic carbocycles. The number of nitrogens with zero attached hydrogens (tertiary/aromatic N) is 3. The highest BCUT2D eigenvalue weighted by atomic mass is 127. The Morgan fingerprint density at radius 1 is 1.32 bits per heavy atom. The molecule has 0 radical (unpaired) electrons. The van der Waals surface area contributed by atoms with E-state index in [1.165, 1.54) is 37.7 Å². The van der Waals surface area contributed by atoms with Crippen molar-refractivity contribution in [2.45, 2.75) is 64.1 Å². The van der Waals surface area contributed by atoms with Crippen LogP contribution in [0.1, 0.15) is 57.6 Å². The molecule has 7 heteroatoms. The third-order valence-electron chi connectivity index (χ3n) is 7.39. The molecule has 2 aromatic rings. The van der Waals surface area contributed by atoms with E-state index in [9.17, 15) is 0 Å². The van der Waals surface area contributed by atoms with Gasteiger partial charge in [0.1, 0.15) is 0 Å². The number of benzene rings is 1. The summed E-state index contributed by atoms with van der Waals surface area (Å²) >= 11 is 0. The fourth-order valence-corrected chi connectivity index (χ4v) is 5.99. The molecule has 168 valence electrons. The Hall–Kier alpha value is -1.61. The summed E-state index contributed by atoms with van der Waals surface area (Å²) in [5.41, 5.74) is 2.61. The van der Waals surface area contributed by atoms with Gasteiger partial charge in [0.25, 0.3) is 0 Å². The fourth-order valence-electron chi connectivity index (χ4n) is 5.99. The molecule has 1 aromatic heterocycles. The molecule has 5 rings (SSSR count). The minimum atomic E-state index is 0. The van der Waals surface area contributed by atoms with Crippen LogP contribution in [0, 0.1) is 11.3 Å². The molecule has 1 aliphatic heterocycles. The molecule has 2 N–H and O–H groups in total. The van der Waals surface area contributed by atoms with Gasteiger partial charge in [0.15, 0.2) is 5.96 Å². The first-order valence-electron chi connectivity index (χ1n) is 11.5. The van der Waals surface area contributed by atoms with Crippen LogP contribution in [0.5, 0.6) is 0 Å². The molecule has 1 spiro atoms. The highest BCUT2D eigenvalue weighted by Gasteiger charge is 2.65. The van der Waals surface area contributed by atoms with Gasteiger partial charge in [-0.25, -0.2) is 4.68 Å². The molecule has 31 heavy (non-hydrogen) atoms. The zero-order chi connectivity index (χ0) is 20.6. The van der Waals surface area contributed by atoms with Crippen molar-refractivity contribution in [1.29, 1.82) is 0 Å². The number of aromatic nitrogens is 2. The predicted molar refractivity (Wildman–Crippen MR) is 134 cm³/mol. The average molecular weight is 535 g/mol. The standard InChI is InChI=1S/C24H33N5O.HI/c1-3-25-23(28-21-20-10-15-30-22(20)24(21)11-4-5-12-24)27-17(2)18-8-6-9-19(16-18)29-14-7-13-26-29;/h6-9,13-14,16-17,20-22H,3-5,10-12,15H2,1-2H3,(H2,25,27,28);1H. The lowest BCUT2D eigenvalue weighted by Crippen LogP contribution is -2.69. The predicted octanol–water partition coefficient (Wildman–Crippen LogP) is 4.45. The first-order chi connectivity index (χ1) is 14.7. The summed E-state index contributed by atoms with van der Waals surface area (Å²) in [5, 5.41) is 11.9. The van der Waals surface area contributed by atoms with Gasteiger partial charge < -0.3 is 15.4 Å². The largest absolute Gasteiger partial charge is 0.377 e. The van der Waals surface area contributed by atoms with Crippen LogP contribution in [0.2, 0.25) is 0 Å². The molecular weight excluding hydrogens is 501 g/mol. The molecule has 3 aliphatic rings. The van der Waals surface area contributed by atoms with E-state index < -0.39 is 0 Å². The molecule has 2 heterocycles. The van der Waals surface area contributed by atoms with E-state index in [2.05, 4.69) is 53.8 Å². The highest BCUT2D eigenvalue weighted by Crippen LogP contribution is 2.60. The minimum Gasteiger partial charge on any atom is -0.377 e. The maximum atomic E-state index is 6.15. The summed E-state index contributed by atoms with van der Waals surface area (Å²) in [6.07, 6.45) is 10.6. The zero-order valence-corrected chi connectivity index (χ0v) is 20.8. The normalized spacial score (nSPS) is 27.3. The minimum absolute atomic E-state index is 0. The van der Waals surface area contributed by atoms with Gasteiger partial charge in [0.05, 0.1) is 17.8 Å². The van der Waals surface area contributed by atoms with Gasteiger partial charge in [0.2, 0.25) is 0 Å². The number of hydrogen-bond donors (Lipinski definition) is 2. The van der Waals surface area contributed by atoms with Gasteiger partial charge in [-0.3, -0.25) is 4.99 Å². The van der Waals surface area contributed by atoms with Crippen LogP contribution in [0.4, 0.5) is 0 Å². The Morgan fingerprint density at radius 2 is 2.16 bits per heavy atom. The fraction of sp³-hybridized carbons (Fsp3) is 0.583. The van der Waals surface area contributed by atoms with E-state index in [4.69, 9.17) is 9.73 Å². The molecule has 3 fully saturated rings. The van der Waals surface area contributed by atoms with Crippen LogP contribution in [0.15, 0.2) is 47.7 Å². The van der Waals surface area contributed by atoms with Crippen molar-refractivity contribution in [3.63, 3.8) is 0 Å². The van der Waals surface area contributed by atoms with Crippen LogP contribution in [-0.2, 0) is 4.74 Å². The maximum Gasteiger partial charge on any atom is 0.191 e. The summed E-state index contributed by atoms with van der Waals surface area (Å²) in [7, 11) is 0. The number of aliphatic imine (C=N–C) groups is 1. The van der Waals surface area contributed by atoms with Crippen LogP contribution >= 0.6 is 24.0 Å². The van der Waals surface area contributed by atoms with Crippen LogP contribution < -0.4 is 10.6 Å². The SMILES string of the molecule is CCN=C(NC(C)c1cccc(-n2cccn2)c1)NC1C2CCOC2C12CCCC2.I. The van der Waals surface area contributed by atoms with Crippen LogP contribution in [-0.4, -0.2) is 41.0 Å². The summed E-state index contributed by atoms with van der Waals surface area (Å²) in [6.45, 7) is 5.97. The second kappa shape index (κ2) is 9.48. The second-order valence-corrected chi connectivity index (χ2v) is 9.04. The van der Waals surface area contributed by atoms with E-state index in [0.717, 1.165) is 24.8 Å². The number of rotatable bonds is 5. The van der Waals surface area contributed by atoms with Gasteiger partial charge in [-0.1, -0.05) is 25.0 Å². The van der Waals surface area contributed by atoms with Gasteiger partial charge >= 0.3 is 0 Å². The Kier molecular flexibility index (Phi) is 6.91. The quantitative estimate of drug-likeness (QED) is 0.338. The number of fused-ring (bicyclic) bond motifs is 2. The molecule has 0 bridgehead atoms. The molecule has 0 amide bonds. The Morgan fingerprint density at radius 3 is 2.90 bits per heavy atom. The lowest BCUT2D eigenvalue weighted by atomic mass is 9.54. The number of ether oxygens (including phenoxy) is 1. The third-order valence-corrected chi connectivity index (χ3v) is 7.39. The highest BCUT2D eigenvalue weighted by molar-refractivity contribution is 14.0. The molecule has 2 aliphatic carbocycles. The van der Waals surface area contributed by atoms with Gasteiger partial charge in [-0.2, -0.15) is 5.10 Å². The molecule has 4 unspecified atom stereocenters. The molecule has 1 saturated heterocycles. The average Bonchev–Trinajstić information content (AvgIpc) is 3.53. The summed E-state index contributed by atoms with van der Waals surface area (Å²) in [5.74, 6) is 1.56. The van der Waals surface area contributed by atoms with Gasteiger partial charge in [0, 0.05) is 42.9 Å². The summed E-state index contributed by atoms with van der Waals surface area (Å²) in [4.78, 5) is 4.79. The first-order valence-corrected chi connectivity index (χ1v) is 11.5. The van der Waals surface area contributed by atoms with E-state index in [1.54, 1.807) is 0 Å². The van der Waals surface area contributed by atoms with Crippen LogP contribution in [0.25, 0.3) is 5.69 Å². The smallest absolute Gasteiger partial charge is 0.191 e. The zero-order valence-electron chi connectivity index (χ0n) is 18.5. The first kappa shape index (κ1) is 22.6. The van der Waals surface area contributed by atoms with Gasteiger partial charge in [-0.05, 0) is 56.9 Å². The van der Waals surface area contributed by atoms with Crippen LogP contribution in [0.3, 0.4) is 0 Å². The van der Waals surface area contributed by atoms with Gasteiger partial charge in [-0.15, -0.1) is 24.0 Å². The van der Waals surface area contributed by atoms with E-state index >= 15 is 0 Å². The van der Waals surface area contributed by atoms with E-state index in [0.29, 0.717) is 23.5 Å². The van der Waals surface area contributed by atoms with Crippen molar-refractivity contribution in [2.24, 2.45) is 16.3 Å². The molecule has 6 nitrogen and oxygen atoms in total. The van der Waals surface area contributed by atoms with E-state index in [1.807, 2.05) is 23.1 Å². The summed E-state index contributed by atoms with van der Waals surface area (Å²) < 4.78 is 8.05. The lowest BCUT2D eigenvalue weighted by Gasteiger charge is -2.57. The lowest BCUT2D eigenvalue weighted by molar-refractivity contribution is -0.125. The second-order valence-electron chi connectivity index (χ2n) is 9.04. The summed E-state index contributed by atoms with van der Waals surface area (Å²) in [6, 6.07) is 11.1. The van der Waals surface area contributed by atoms with Crippen molar-refractivity contribution >= 4 is 29.9 Å². The number of nitrogens with one attached hydrogen (secondary N) is 2. The van der Waals surface area contributed by atoms with Crippen molar-refractivity contribution < 1.29 is 4.74 Å². The monoisotopic (exact) mass is 535 g/mol. The van der Waals surface area contributed by atoms with E-state index in [-0.39, 0.29) is 30.0 Å². The third kappa shape index (κ3) is 4.11. The number of halogens is 1. The van der Waals surface area contributed by atoms with Crippen molar-refractivity contribution in [1.82, 2.24) is 20.4 Å². The Labute approximate surface area is 202 Å². The topological polar surface area (TPSA) is 63.5 Å². The van der Waals surface area contributed by atoms with Crippen molar-refractivity contribution in [2.75, 3.05) is 13.2 Å². The maximum absolute atomic E-state index is 6.15. The molecule has 4 atom stereocenters. The Bertz CT molecular complexity index is 893. The van der Waals surface area contributed by atoms with Crippen molar-refractivity contribution in [3.05, 3.63) is 48.3 Å². The Balaban J connectivity index is 0.00000231. The number of guanidine groups is 1. The van der Waals surface area contributed by atoms with Crippen molar-refractivity contribution in [3.8, 4) is 5.69 Å². The number of hydrogen-bond acceptors (Lipinski definition) is 3. The molecule has 2 saturated carbocycles.